The van der Waals surface area contributed by atoms with Crippen LogP contribution in [0.4, 0.5) is 0 Å². The van der Waals surface area contributed by atoms with Gasteiger partial charge in [-0.2, -0.15) is 0 Å². The Kier molecular flexibility index (Phi) is 17.5. The Labute approximate surface area is 135 Å². The molecule has 0 atom stereocenters. The molecule has 1 N–H and O–H groups in total. The molecule has 0 aromatic heterocycles. The highest BCUT2D eigenvalue weighted by molar-refractivity contribution is 4.90. The van der Waals surface area contributed by atoms with Crippen LogP contribution in [0.25, 0.3) is 0 Å². The zero-order valence-electron chi connectivity index (χ0n) is 15.0. The van der Waals surface area contributed by atoms with Crippen molar-refractivity contribution in [1.82, 2.24) is 5.32 Å². The molecule has 0 aliphatic rings. The molecular weight excluding hydrogens is 254 g/mol. The van der Waals surface area contributed by atoms with Crippen molar-refractivity contribution < 1.29 is 0 Å². The van der Waals surface area contributed by atoms with Crippen molar-refractivity contribution in [2.45, 2.75) is 104 Å². The second-order valence-corrected chi connectivity index (χ2v) is 6.73. The van der Waals surface area contributed by atoms with E-state index in [1.807, 2.05) is 0 Å². The number of nitrogens with one attached hydrogen (secondary N) is 1. The molecular formula is C20H41N. The van der Waals surface area contributed by atoms with Crippen LogP contribution in [0.5, 0.6) is 0 Å². The third kappa shape index (κ3) is 19.7. The van der Waals surface area contributed by atoms with Gasteiger partial charge in [-0.25, -0.2) is 0 Å². The summed E-state index contributed by atoms with van der Waals surface area (Å²) >= 11 is 0. The van der Waals surface area contributed by atoms with Gasteiger partial charge >= 0.3 is 0 Å². The zero-order chi connectivity index (χ0) is 15.6. The second kappa shape index (κ2) is 17.8. The van der Waals surface area contributed by atoms with Crippen molar-refractivity contribution >= 4 is 0 Å². The molecule has 1 nitrogen and oxygen atoms in total. The lowest BCUT2D eigenvalue weighted by Gasteiger charge is -2.05. The van der Waals surface area contributed by atoms with Crippen molar-refractivity contribution in [2.75, 3.05) is 13.1 Å². The number of unbranched alkanes of at least 4 members (excludes halogenated alkanes) is 13. The van der Waals surface area contributed by atoms with Gasteiger partial charge in [0, 0.05) is 6.54 Å². The number of hydrogen-bond donors (Lipinski definition) is 1. The fourth-order valence-electron chi connectivity index (χ4n) is 2.75. The van der Waals surface area contributed by atoms with Gasteiger partial charge in [-0.15, -0.1) is 0 Å². The minimum Gasteiger partial charge on any atom is -0.313 e. The Bertz CT molecular complexity index is 210. The Balaban J connectivity index is 2.95. The van der Waals surface area contributed by atoms with Crippen molar-refractivity contribution in [3.63, 3.8) is 0 Å². The zero-order valence-corrected chi connectivity index (χ0v) is 15.0. The predicted octanol–water partition coefficient (Wildman–Crippen LogP) is 6.63. The van der Waals surface area contributed by atoms with Crippen molar-refractivity contribution in [2.24, 2.45) is 0 Å². The van der Waals surface area contributed by atoms with E-state index in [4.69, 9.17) is 0 Å². The Morgan fingerprint density at radius 1 is 0.667 bits per heavy atom. The first-order valence-corrected chi connectivity index (χ1v) is 9.62. The normalized spacial score (nSPS) is 11.0. The first-order chi connectivity index (χ1) is 10.3. The monoisotopic (exact) mass is 295 g/mol. The van der Waals surface area contributed by atoms with Gasteiger partial charge in [0.15, 0.2) is 0 Å². The van der Waals surface area contributed by atoms with Gasteiger partial charge in [-0.3, -0.25) is 0 Å². The third-order valence-electron chi connectivity index (χ3n) is 4.13. The van der Waals surface area contributed by atoms with Crippen LogP contribution in [-0.4, -0.2) is 13.1 Å². The molecule has 21 heavy (non-hydrogen) atoms. The van der Waals surface area contributed by atoms with Gasteiger partial charge in [0.1, 0.15) is 0 Å². The van der Waals surface area contributed by atoms with E-state index in [1.54, 1.807) is 0 Å². The topological polar surface area (TPSA) is 12.0 Å². The number of rotatable bonds is 17. The molecule has 0 bridgehead atoms. The molecule has 0 radical (unpaired) electrons. The van der Waals surface area contributed by atoms with E-state index in [1.165, 1.54) is 95.5 Å². The van der Waals surface area contributed by atoms with Gasteiger partial charge in [-0.05, 0) is 19.9 Å². The molecule has 0 aromatic carbocycles. The highest BCUT2D eigenvalue weighted by atomic mass is 14.8. The first kappa shape index (κ1) is 20.7. The minimum absolute atomic E-state index is 0.985. The molecule has 0 rings (SSSR count). The van der Waals surface area contributed by atoms with E-state index >= 15 is 0 Å². The molecule has 0 spiro atoms. The summed E-state index contributed by atoms with van der Waals surface area (Å²) in [7, 11) is 0. The molecule has 0 saturated carbocycles. The lowest BCUT2D eigenvalue weighted by molar-refractivity contribution is 0.531. The van der Waals surface area contributed by atoms with E-state index in [9.17, 15) is 0 Å². The van der Waals surface area contributed by atoms with Gasteiger partial charge in [0.25, 0.3) is 0 Å². The standard InChI is InChI=1S/C20H41N/c1-4-5-6-7-8-9-10-11-12-13-14-15-16-17-18-21-19-20(2)3/h21H,2,4-19H2,1,3H3. The van der Waals surface area contributed by atoms with Gasteiger partial charge in [0.2, 0.25) is 0 Å². The SMILES string of the molecule is C=C(C)CNCCCCCCCCCCCCCCCC. The fourth-order valence-corrected chi connectivity index (χ4v) is 2.75. The van der Waals surface area contributed by atoms with Crippen LogP contribution in [0.1, 0.15) is 104 Å². The molecule has 126 valence electrons. The Morgan fingerprint density at radius 2 is 1.05 bits per heavy atom. The van der Waals surface area contributed by atoms with Crippen molar-refractivity contribution in [3.05, 3.63) is 12.2 Å². The van der Waals surface area contributed by atoms with Crippen molar-refractivity contribution in [3.8, 4) is 0 Å². The molecule has 0 unspecified atom stereocenters. The summed E-state index contributed by atoms with van der Waals surface area (Å²) in [5.74, 6) is 0. The molecule has 0 fully saturated rings. The van der Waals surface area contributed by atoms with Crippen LogP contribution in [-0.2, 0) is 0 Å². The molecule has 0 aliphatic heterocycles. The summed E-state index contributed by atoms with van der Waals surface area (Å²) < 4.78 is 0. The van der Waals surface area contributed by atoms with E-state index in [2.05, 4.69) is 25.7 Å². The van der Waals surface area contributed by atoms with Crippen LogP contribution in [0, 0.1) is 0 Å². The quantitative estimate of drug-likeness (QED) is 0.234. The maximum atomic E-state index is 3.90. The minimum atomic E-state index is 0.985. The molecule has 0 saturated heterocycles. The molecule has 0 aliphatic carbocycles. The van der Waals surface area contributed by atoms with Crippen LogP contribution < -0.4 is 5.32 Å². The summed E-state index contributed by atoms with van der Waals surface area (Å²) in [6.07, 6.45) is 20.1. The average Bonchev–Trinajstić information content (AvgIpc) is 2.46. The summed E-state index contributed by atoms with van der Waals surface area (Å²) in [5.41, 5.74) is 1.24. The van der Waals surface area contributed by atoms with Crippen molar-refractivity contribution in [1.29, 1.82) is 0 Å². The maximum Gasteiger partial charge on any atom is 0.0159 e. The van der Waals surface area contributed by atoms with E-state index in [-0.39, 0.29) is 0 Å². The maximum absolute atomic E-state index is 3.90. The summed E-state index contributed by atoms with van der Waals surface area (Å²) in [5, 5.41) is 3.43. The van der Waals surface area contributed by atoms with Crippen LogP contribution in [0.2, 0.25) is 0 Å². The average molecular weight is 296 g/mol. The highest BCUT2D eigenvalue weighted by Crippen LogP contribution is 2.12. The number of hydrogen-bond acceptors (Lipinski definition) is 1. The second-order valence-electron chi connectivity index (χ2n) is 6.73. The summed E-state index contributed by atoms with van der Waals surface area (Å²) in [4.78, 5) is 0. The van der Waals surface area contributed by atoms with Crippen LogP contribution in [0.15, 0.2) is 12.2 Å². The van der Waals surface area contributed by atoms with E-state index in [0.717, 1.165) is 13.1 Å². The highest BCUT2D eigenvalue weighted by Gasteiger charge is 1.94. The lowest BCUT2D eigenvalue weighted by Crippen LogP contribution is -2.16. The largest absolute Gasteiger partial charge is 0.313 e. The molecule has 0 aromatic rings. The van der Waals surface area contributed by atoms with Crippen LogP contribution >= 0.6 is 0 Å². The summed E-state index contributed by atoms with van der Waals surface area (Å²) in [6, 6.07) is 0. The molecule has 1 heteroatoms. The lowest BCUT2D eigenvalue weighted by atomic mass is 10.0. The van der Waals surface area contributed by atoms with Gasteiger partial charge < -0.3 is 5.32 Å². The van der Waals surface area contributed by atoms with Crippen LogP contribution in [0.3, 0.4) is 0 Å². The van der Waals surface area contributed by atoms with E-state index in [0.29, 0.717) is 0 Å². The third-order valence-corrected chi connectivity index (χ3v) is 4.13. The predicted molar refractivity (Wildman–Crippen MR) is 98.0 cm³/mol. The van der Waals surface area contributed by atoms with E-state index < -0.39 is 0 Å². The Morgan fingerprint density at radius 3 is 1.43 bits per heavy atom. The smallest absolute Gasteiger partial charge is 0.0159 e. The first-order valence-electron chi connectivity index (χ1n) is 9.62. The van der Waals surface area contributed by atoms with Gasteiger partial charge in [-0.1, -0.05) is 103 Å². The fraction of sp³-hybridized carbons (Fsp3) is 0.900. The molecule has 0 heterocycles. The van der Waals surface area contributed by atoms with Gasteiger partial charge in [0.05, 0.1) is 0 Å². The Hall–Kier alpha value is -0.300. The summed E-state index contributed by atoms with van der Waals surface area (Å²) in [6.45, 7) is 10.4. The molecule has 0 amide bonds.